The molecule has 0 spiro atoms. The Morgan fingerprint density at radius 2 is 1.80 bits per heavy atom. The number of fused-ring (bicyclic) bond motifs is 2. The summed E-state index contributed by atoms with van der Waals surface area (Å²) in [4.78, 5) is 28.1. The van der Waals surface area contributed by atoms with Crippen molar-refractivity contribution in [3.05, 3.63) is 59.3 Å². The standard InChI is InChI=1S/C26H35N7O2/c1-5-27-10-11-28-25(34)17-32(24-13-23-22(12-19(24)2)14-30(3)29-23)18-26(35)31(4)33-15-20-8-6-7-9-21(20)16-33/h6-9,12-14,27H,5,10-11,15-18H2,1-4H3,(H,28,34). The molecular weight excluding hydrogens is 442 g/mol. The van der Waals surface area contributed by atoms with Crippen LogP contribution >= 0.6 is 0 Å². The first-order valence-corrected chi connectivity index (χ1v) is 12.1. The van der Waals surface area contributed by atoms with Crippen molar-refractivity contribution in [1.82, 2.24) is 30.4 Å². The van der Waals surface area contributed by atoms with Crippen molar-refractivity contribution in [2.45, 2.75) is 26.9 Å². The second kappa shape index (κ2) is 10.9. The predicted molar refractivity (Wildman–Crippen MR) is 138 cm³/mol. The monoisotopic (exact) mass is 477 g/mol. The summed E-state index contributed by atoms with van der Waals surface area (Å²) in [6.07, 6.45) is 1.97. The molecule has 2 aromatic carbocycles. The fourth-order valence-electron chi connectivity index (χ4n) is 4.51. The summed E-state index contributed by atoms with van der Waals surface area (Å²) in [5, 5.41) is 15.4. The largest absolute Gasteiger partial charge is 0.353 e. The zero-order valence-corrected chi connectivity index (χ0v) is 21.0. The molecule has 1 aliphatic heterocycles. The Hall–Kier alpha value is -3.43. The zero-order valence-electron chi connectivity index (χ0n) is 21.0. The molecule has 0 bridgehead atoms. The molecule has 9 heteroatoms. The van der Waals surface area contributed by atoms with Gasteiger partial charge in [0.2, 0.25) is 5.91 Å². The van der Waals surface area contributed by atoms with Crippen LogP contribution in [0, 0.1) is 6.92 Å². The molecule has 0 radical (unpaired) electrons. The van der Waals surface area contributed by atoms with Gasteiger partial charge in [-0.05, 0) is 42.3 Å². The lowest BCUT2D eigenvalue weighted by Gasteiger charge is -2.32. The van der Waals surface area contributed by atoms with Crippen LogP contribution in [0.4, 0.5) is 5.69 Å². The van der Waals surface area contributed by atoms with Gasteiger partial charge in [-0.25, -0.2) is 5.01 Å². The maximum Gasteiger partial charge on any atom is 0.256 e. The average Bonchev–Trinajstić information content (AvgIpc) is 3.42. The molecule has 35 heavy (non-hydrogen) atoms. The van der Waals surface area contributed by atoms with Crippen LogP contribution in [0.3, 0.4) is 0 Å². The Balaban J connectivity index is 1.51. The van der Waals surface area contributed by atoms with E-state index in [4.69, 9.17) is 0 Å². The lowest BCUT2D eigenvalue weighted by molar-refractivity contribution is -0.145. The van der Waals surface area contributed by atoms with E-state index in [1.165, 1.54) is 11.1 Å². The van der Waals surface area contributed by atoms with E-state index in [0.717, 1.165) is 28.7 Å². The van der Waals surface area contributed by atoms with Crippen molar-refractivity contribution >= 4 is 28.4 Å². The summed E-state index contributed by atoms with van der Waals surface area (Å²) in [7, 11) is 3.69. The van der Waals surface area contributed by atoms with Gasteiger partial charge in [0, 0.05) is 57.5 Å². The lowest BCUT2D eigenvalue weighted by Crippen LogP contribution is -2.48. The van der Waals surface area contributed by atoms with Gasteiger partial charge in [-0.15, -0.1) is 0 Å². The summed E-state index contributed by atoms with van der Waals surface area (Å²) in [5.41, 5.74) is 5.14. The van der Waals surface area contributed by atoms with E-state index in [-0.39, 0.29) is 24.9 Å². The number of hydrogen-bond acceptors (Lipinski definition) is 6. The molecule has 1 aromatic heterocycles. The van der Waals surface area contributed by atoms with E-state index >= 15 is 0 Å². The first-order valence-electron chi connectivity index (χ1n) is 12.1. The quantitative estimate of drug-likeness (QED) is 0.433. The number of amides is 2. The zero-order chi connectivity index (χ0) is 24.9. The van der Waals surface area contributed by atoms with Gasteiger partial charge in [0.05, 0.1) is 18.6 Å². The van der Waals surface area contributed by atoms with E-state index in [0.29, 0.717) is 26.2 Å². The summed E-state index contributed by atoms with van der Waals surface area (Å²) >= 11 is 0. The lowest BCUT2D eigenvalue weighted by atomic mass is 10.1. The number of nitrogens with zero attached hydrogens (tertiary/aromatic N) is 5. The first-order chi connectivity index (χ1) is 16.9. The minimum atomic E-state index is -0.118. The fourth-order valence-corrected chi connectivity index (χ4v) is 4.51. The van der Waals surface area contributed by atoms with Crippen LogP contribution in [-0.4, -0.2) is 71.4 Å². The van der Waals surface area contributed by atoms with Gasteiger partial charge >= 0.3 is 0 Å². The minimum absolute atomic E-state index is 0.0706. The molecule has 2 amide bonds. The minimum Gasteiger partial charge on any atom is -0.353 e. The number of benzene rings is 2. The first kappa shape index (κ1) is 24.7. The number of hydrazine groups is 1. The highest BCUT2D eigenvalue weighted by Crippen LogP contribution is 2.27. The van der Waals surface area contributed by atoms with Gasteiger partial charge in [-0.1, -0.05) is 31.2 Å². The number of anilines is 1. The maximum absolute atomic E-state index is 13.4. The Kier molecular flexibility index (Phi) is 7.67. The molecule has 3 aromatic rings. The van der Waals surface area contributed by atoms with E-state index in [2.05, 4.69) is 33.9 Å². The summed E-state index contributed by atoms with van der Waals surface area (Å²) in [6.45, 7) is 7.70. The third-order valence-corrected chi connectivity index (χ3v) is 6.42. The molecule has 0 fully saturated rings. The van der Waals surface area contributed by atoms with Crippen LogP contribution in [0.25, 0.3) is 10.9 Å². The number of nitrogens with one attached hydrogen (secondary N) is 2. The molecule has 0 saturated carbocycles. The molecule has 186 valence electrons. The molecule has 2 N–H and O–H groups in total. The van der Waals surface area contributed by atoms with Crippen LogP contribution < -0.4 is 15.5 Å². The molecular formula is C26H35N7O2. The number of likely N-dealkylation sites (N-methyl/N-ethyl adjacent to an activating group) is 2. The van der Waals surface area contributed by atoms with E-state index in [9.17, 15) is 9.59 Å². The summed E-state index contributed by atoms with van der Waals surface area (Å²) < 4.78 is 1.77. The summed E-state index contributed by atoms with van der Waals surface area (Å²) in [5.74, 6) is -0.189. The topological polar surface area (TPSA) is 85.7 Å². The van der Waals surface area contributed by atoms with Crippen molar-refractivity contribution in [1.29, 1.82) is 0 Å². The van der Waals surface area contributed by atoms with Crippen molar-refractivity contribution < 1.29 is 9.59 Å². The van der Waals surface area contributed by atoms with Crippen molar-refractivity contribution in [2.75, 3.05) is 44.7 Å². The molecule has 2 heterocycles. The Bertz CT molecular complexity index is 1180. The van der Waals surface area contributed by atoms with Crippen LogP contribution in [0.2, 0.25) is 0 Å². The third-order valence-electron chi connectivity index (χ3n) is 6.42. The normalized spacial score (nSPS) is 13.1. The Morgan fingerprint density at radius 1 is 1.09 bits per heavy atom. The molecule has 9 nitrogen and oxygen atoms in total. The summed E-state index contributed by atoms with van der Waals surface area (Å²) in [6, 6.07) is 12.3. The second-order valence-electron chi connectivity index (χ2n) is 9.07. The van der Waals surface area contributed by atoms with Crippen LogP contribution in [0.1, 0.15) is 23.6 Å². The fraction of sp³-hybridized carbons (Fsp3) is 0.423. The molecule has 0 aliphatic carbocycles. The van der Waals surface area contributed by atoms with Gasteiger partial charge < -0.3 is 15.5 Å². The molecule has 0 atom stereocenters. The van der Waals surface area contributed by atoms with Crippen molar-refractivity contribution in [3.63, 3.8) is 0 Å². The van der Waals surface area contributed by atoms with E-state index in [1.54, 1.807) is 16.7 Å². The van der Waals surface area contributed by atoms with Crippen LogP contribution in [0.15, 0.2) is 42.6 Å². The number of carbonyl (C=O) groups is 2. The van der Waals surface area contributed by atoms with E-state index < -0.39 is 0 Å². The van der Waals surface area contributed by atoms with Crippen molar-refractivity contribution in [3.8, 4) is 0 Å². The number of aromatic nitrogens is 2. The average molecular weight is 478 g/mol. The SMILES string of the molecule is CCNCCNC(=O)CN(CC(=O)N(C)N1Cc2ccccc2C1)c1cc2nn(C)cc2cc1C. The van der Waals surface area contributed by atoms with Crippen LogP contribution in [0.5, 0.6) is 0 Å². The molecule has 4 rings (SSSR count). The second-order valence-corrected chi connectivity index (χ2v) is 9.07. The number of aryl methyl sites for hydroxylation is 2. The van der Waals surface area contributed by atoms with Gasteiger partial charge in [0.1, 0.15) is 0 Å². The molecule has 0 saturated heterocycles. The smallest absolute Gasteiger partial charge is 0.256 e. The van der Waals surface area contributed by atoms with E-state index in [1.807, 2.05) is 55.2 Å². The highest BCUT2D eigenvalue weighted by Gasteiger charge is 2.27. The molecule has 0 unspecified atom stereocenters. The van der Waals surface area contributed by atoms with Gasteiger partial charge in [0.15, 0.2) is 0 Å². The predicted octanol–water partition coefficient (Wildman–Crippen LogP) is 1.80. The highest BCUT2D eigenvalue weighted by molar-refractivity contribution is 5.90. The van der Waals surface area contributed by atoms with Crippen molar-refractivity contribution in [2.24, 2.45) is 7.05 Å². The van der Waals surface area contributed by atoms with Gasteiger partial charge in [-0.2, -0.15) is 5.10 Å². The van der Waals surface area contributed by atoms with Gasteiger partial charge in [-0.3, -0.25) is 19.3 Å². The van der Waals surface area contributed by atoms with Gasteiger partial charge in [0.25, 0.3) is 5.91 Å². The maximum atomic E-state index is 13.4. The van der Waals surface area contributed by atoms with Crippen LogP contribution in [-0.2, 0) is 29.7 Å². The Morgan fingerprint density at radius 3 is 2.49 bits per heavy atom. The number of rotatable bonds is 10. The number of hydrogen-bond donors (Lipinski definition) is 2. The Labute approximate surface area is 206 Å². The highest BCUT2D eigenvalue weighted by atomic mass is 16.2. The number of carbonyl (C=O) groups excluding carboxylic acids is 2. The molecule has 1 aliphatic rings. The third kappa shape index (κ3) is 5.80.